The third kappa shape index (κ3) is 4.78. The highest BCUT2D eigenvalue weighted by atomic mass is 32.2. The number of aromatic nitrogens is 1. The van der Waals surface area contributed by atoms with Gasteiger partial charge in [-0.1, -0.05) is 12.5 Å². The first-order valence-corrected chi connectivity index (χ1v) is 12.7. The normalized spacial score (nSPS) is 33.1. The molecule has 2 saturated carbocycles. The Morgan fingerprint density at radius 2 is 1.90 bits per heavy atom. The molecule has 2 fully saturated rings. The third-order valence-electron chi connectivity index (χ3n) is 7.02. The summed E-state index contributed by atoms with van der Waals surface area (Å²) in [5.41, 5.74) is 1.22. The minimum atomic E-state index is -3.32. The van der Waals surface area contributed by atoms with Gasteiger partial charge in [0.25, 0.3) is 0 Å². The Labute approximate surface area is 174 Å². The topological polar surface area (TPSA) is 77.5 Å². The molecular weight excluding hydrogens is 388 g/mol. The number of hydrogen-bond acceptors (Lipinski definition) is 5. The molecule has 3 heterocycles. The number of hydrogen-bond donors (Lipinski definition) is 1. The van der Waals surface area contributed by atoms with Crippen LogP contribution >= 0.6 is 0 Å². The Morgan fingerprint density at radius 1 is 1.10 bits per heavy atom. The van der Waals surface area contributed by atoms with Crippen LogP contribution in [0.3, 0.4) is 0 Å². The average Bonchev–Trinajstić information content (AvgIpc) is 2.71. The summed E-state index contributed by atoms with van der Waals surface area (Å²) in [5, 5.41) is -0.433. The first-order valence-electron chi connectivity index (χ1n) is 11.1. The van der Waals surface area contributed by atoms with Crippen LogP contribution in [0.4, 0.5) is 0 Å². The Bertz CT molecular complexity index is 790. The van der Waals surface area contributed by atoms with Crippen molar-refractivity contribution < 1.29 is 17.9 Å². The van der Waals surface area contributed by atoms with Crippen molar-refractivity contribution in [2.75, 3.05) is 13.2 Å². The van der Waals surface area contributed by atoms with E-state index in [0.29, 0.717) is 19.1 Å². The van der Waals surface area contributed by atoms with Crippen LogP contribution in [-0.4, -0.2) is 44.0 Å². The number of sulfonamides is 1. The highest BCUT2D eigenvalue weighted by Gasteiger charge is 2.38. The fourth-order valence-corrected chi connectivity index (χ4v) is 6.10. The Hall–Kier alpha value is -1.18. The van der Waals surface area contributed by atoms with Gasteiger partial charge in [0.1, 0.15) is 0 Å². The van der Waals surface area contributed by atoms with Gasteiger partial charge in [0.2, 0.25) is 15.9 Å². The lowest BCUT2D eigenvalue weighted by atomic mass is 9.76. The van der Waals surface area contributed by atoms with Crippen molar-refractivity contribution in [1.29, 1.82) is 0 Å². The summed E-state index contributed by atoms with van der Waals surface area (Å²) < 4.78 is 40.7. The van der Waals surface area contributed by atoms with E-state index in [9.17, 15) is 8.42 Å². The lowest BCUT2D eigenvalue weighted by molar-refractivity contribution is -0.0302. The number of ether oxygens (including phenoxy) is 2. The lowest BCUT2D eigenvalue weighted by Gasteiger charge is -2.40. The minimum absolute atomic E-state index is 0.0905. The van der Waals surface area contributed by atoms with Crippen LogP contribution in [0.25, 0.3) is 0 Å². The monoisotopic (exact) mass is 422 g/mol. The smallest absolute Gasteiger partial charge is 0.216 e. The summed E-state index contributed by atoms with van der Waals surface area (Å²) in [6.07, 6.45) is 9.22. The first kappa shape index (κ1) is 21.1. The molecule has 2 aliphatic carbocycles. The molecule has 0 saturated heterocycles. The van der Waals surface area contributed by atoms with Gasteiger partial charge in [-0.2, -0.15) is 0 Å². The SMILES string of the molecule is CC(C)S(=O)(=O)N[C@H]1CCCC2COc3ncccc3[C@H]3CC[C@H](CC3)OC[C@H]21. The standard InChI is InChI=1S/C22H34N2O4S/c1-15(2)29(25,26)24-21-7-3-5-17-13-28-22-19(6-4-12-23-22)16-8-10-18(11-9-16)27-14-20(17)21/h4,6,12,15-18,20-21,24H,3,5,7-11,13-14H2,1-2H3/t16-,17?,18+,20-,21+/m1/s1. The largest absolute Gasteiger partial charge is 0.477 e. The van der Waals surface area contributed by atoms with Crippen LogP contribution in [0, 0.1) is 11.8 Å². The number of rotatable bonds is 3. The third-order valence-corrected chi connectivity index (χ3v) is 8.89. The first-order chi connectivity index (χ1) is 13.9. The van der Waals surface area contributed by atoms with Crippen molar-refractivity contribution in [3.8, 4) is 5.88 Å². The van der Waals surface area contributed by atoms with Crippen molar-refractivity contribution in [2.24, 2.45) is 11.8 Å². The number of nitrogens with zero attached hydrogens (tertiary/aromatic N) is 1. The number of nitrogens with one attached hydrogen (secondary N) is 1. The van der Waals surface area contributed by atoms with Crippen LogP contribution in [0.2, 0.25) is 0 Å². The molecule has 2 bridgehead atoms. The fraction of sp³-hybridized carbons (Fsp3) is 0.773. The summed E-state index contributed by atoms with van der Waals surface area (Å²) in [6, 6.07) is 4.06. The fourth-order valence-electron chi connectivity index (χ4n) is 5.12. The molecule has 7 heteroatoms. The van der Waals surface area contributed by atoms with Crippen LogP contribution in [0.5, 0.6) is 5.88 Å². The zero-order chi connectivity index (χ0) is 20.4. The van der Waals surface area contributed by atoms with E-state index in [-0.39, 0.29) is 24.0 Å². The highest BCUT2D eigenvalue weighted by molar-refractivity contribution is 7.90. The van der Waals surface area contributed by atoms with E-state index in [0.717, 1.165) is 50.8 Å². The molecule has 0 spiro atoms. The van der Waals surface area contributed by atoms with Crippen LogP contribution < -0.4 is 9.46 Å². The summed E-state index contributed by atoms with van der Waals surface area (Å²) in [4.78, 5) is 4.54. The molecule has 5 rings (SSSR count). The molecule has 3 atom stereocenters. The molecule has 2 aliphatic heterocycles. The molecule has 0 aromatic carbocycles. The summed E-state index contributed by atoms with van der Waals surface area (Å²) in [7, 11) is -3.32. The zero-order valence-corrected chi connectivity index (χ0v) is 18.4. The molecule has 162 valence electrons. The van der Waals surface area contributed by atoms with E-state index in [2.05, 4.69) is 15.8 Å². The zero-order valence-electron chi connectivity index (χ0n) is 17.5. The maximum Gasteiger partial charge on any atom is 0.216 e. The Balaban J connectivity index is 1.58. The second-order valence-electron chi connectivity index (χ2n) is 9.19. The summed E-state index contributed by atoms with van der Waals surface area (Å²) in [5.74, 6) is 1.64. The predicted molar refractivity (Wildman–Crippen MR) is 112 cm³/mol. The average molecular weight is 423 g/mol. The maximum absolute atomic E-state index is 12.5. The van der Waals surface area contributed by atoms with Crippen molar-refractivity contribution in [3.63, 3.8) is 0 Å². The Kier molecular flexibility index (Phi) is 6.47. The quantitative estimate of drug-likeness (QED) is 0.805. The van der Waals surface area contributed by atoms with Gasteiger partial charge in [0.05, 0.1) is 24.6 Å². The van der Waals surface area contributed by atoms with E-state index in [1.807, 2.05) is 6.07 Å². The number of pyridine rings is 1. The van der Waals surface area contributed by atoms with Crippen LogP contribution in [0.15, 0.2) is 18.3 Å². The van der Waals surface area contributed by atoms with Crippen molar-refractivity contribution >= 4 is 10.0 Å². The summed E-state index contributed by atoms with van der Waals surface area (Å²) >= 11 is 0. The van der Waals surface area contributed by atoms with Gasteiger partial charge in [-0.15, -0.1) is 0 Å². The molecule has 6 nitrogen and oxygen atoms in total. The minimum Gasteiger partial charge on any atom is -0.477 e. The second kappa shape index (κ2) is 8.90. The second-order valence-corrected chi connectivity index (χ2v) is 11.5. The van der Waals surface area contributed by atoms with Crippen molar-refractivity contribution in [1.82, 2.24) is 9.71 Å². The molecule has 4 aliphatic rings. The van der Waals surface area contributed by atoms with Gasteiger partial charge < -0.3 is 9.47 Å². The van der Waals surface area contributed by atoms with E-state index >= 15 is 0 Å². The van der Waals surface area contributed by atoms with Gasteiger partial charge in [-0.05, 0) is 70.3 Å². The van der Waals surface area contributed by atoms with Gasteiger partial charge in [0.15, 0.2) is 0 Å². The van der Waals surface area contributed by atoms with E-state index in [1.54, 1.807) is 20.0 Å². The maximum atomic E-state index is 12.5. The molecule has 29 heavy (non-hydrogen) atoms. The lowest BCUT2D eigenvalue weighted by Crippen LogP contribution is -2.50. The van der Waals surface area contributed by atoms with Crippen LogP contribution in [0.1, 0.15) is 70.3 Å². The molecule has 1 aromatic heterocycles. The molecule has 1 unspecified atom stereocenters. The molecule has 0 amide bonds. The van der Waals surface area contributed by atoms with Crippen molar-refractivity contribution in [2.45, 2.75) is 82.1 Å². The van der Waals surface area contributed by atoms with Gasteiger partial charge in [-0.25, -0.2) is 18.1 Å². The van der Waals surface area contributed by atoms with E-state index in [4.69, 9.17) is 9.47 Å². The van der Waals surface area contributed by atoms with Gasteiger partial charge in [-0.3, -0.25) is 0 Å². The van der Waals surface area contributed by atoms with Gasteiger partial charge in [0, 0.05) is 23.7 Å². The van der Waals surface area contributed by atoms with Gasteiger partial charge >= 0.3 is 0 Å². The van der Waals surface area contributed by atoms with E-state index in [1.165, 1.54) is 5.56 Å². The van der Waals surface area contributed by atoms with Crippen molar-refractivity contribution in [3.05, 3.63) is 23.9 Å². The van der Waals surface area contributed by atoms with Crippen LogP contribution in [-0.2, 0) is 14.8 Å². The molecular formula is C22H34N2O4S. The number of fused-ring (bicyclic) bond motifs is 4. The predicted octanol–water partition coefficient (Wildman–Crippen LogP) is 3.63. The molecule has 1 aromatic rings. The summed E-state index contributed by atoms with van der Waals surface area (Å²) in [6.45, 7) is 4.62. The molecule has 1 N–H and O–H groups in total. The molecule has 0 radical (unpaired) electrons. The highest BCUT2D eigenvalue weighted by Crippen LogP contribution is 2.40. The van der Waals surface area contributed by atoms with E-state index < -0.39 is 15.3 Å². The Morgan fingerprint density at radius 3 is 2.66 bits per heavy atom.